The molecule has 0 bridgehead atoms. The van der Waals surface area contributed by atoms with Crippen molar-refractivity contribution in [3.8, 4) is 0 Å². The third-order valence-corrected chi connectivity index (χ3v) is 3.86. The number of aliphatic hydroxyl groups excluding tert-OH is 1. The van der Waals surface area contributed by atoms with Gasteiger partial charge in [0.2, 0.25) is 0 Å². The lowest BCUT2D eigenvalue weighted by Crippen LogP contribution is -2.27. The number of nitrogens with one attached hydrogen (secondary N) is 1. The van der Waals surface area contributed by atoms with Gasteiger partial charge in [-0.2, -0.15) is 0 Å². The Hall–Kier alpha value is -0.620. The van der Waals surface area contributed by atoms with E-state index in [2.05, 4.69) is 21.2 Å². The quantitative estimate of drug-likeness (QED) is 0.799. The number of hydrogen-bond acceptors (Lipinski definition) is 4. The van der Waals surface area contributed by atoms with Gasteiger partial charge < -0.3 is 19.9 Å². The van der Waals surface area contributed by atoms with Gasteiger partial charge in [-0.15, -0.1) is 0 Å². The van der Waals surface area contributed by atoms with Crippen molar-refractivity contribution in [3.63, 3.8) is 0 Å². The minimum Gasteiger partial charge on any atom is -0.389 e. The molecule has 1 heterocycles. The van der Waals surface area contributed by atoms with Gasteiger partial charge in [-0.1, -0.05) is 22.0 Å². The average Bonchev–Trinajstić information content (AvgIpc) is 2.93. The Morgan fingerprint density at radius 1 is 1.55 bits per heavy atom. The molecule has 2 rings (SSSR count). The SMILES string of the molecule is Cc1ccc(Br)cc1NCC(O)COCC1CCCO1. The second kappa shape index (κ2) is 7.98. The van der Waals surface area contributed by atoms with Gasteiger partial charge in [-0.05, 0) is 37.5 Å². The summed E-state index contributed by atoms with van der Waals surface area (Å²) in [7, 11) is 0. The van der Waals surface area contributed by atoms with Crippen molar-refractivity contribution in [2.75, 3.05) is 31.7 Å². The summed E-state index contributed by atoms with van der Waals surface area (Å²) in [6.07, 6.45) is 1.86. The van der Waals surface area contributed by atoms with Crippen LogP contribution in [-0.4, -0.2) is 43.7 Å². The summed E-state index contributed by atoms with van der Waals surface area (Å²) in [5, 5.41) is 13.1. The third kappa shape index (κ3) is 5.05. The molecule has 20 heavy (non-hydrogen) atoms. The molecule has 2 N–H and O–H groups in total. The summed E-state index contributed by atoms with van der Waals surface area (Å²) in [4.78, 5) is 0. The van der Waals surface area contributed by atoms with Crippen LogP contribution in [0.5, 0.6) is 0 Å². The minimum absolute atomic E-state index is 0.211. The predicted octanol–water partition coefficient (Wildman–Crippen LogP) is 2.73. The first-order valence-electron chi connectivity index (χ1n) is 7.02. The summed E-state index contributed by atoms with van der Waals surface area (Å²) in [6.45, 7) is 4.26. The lowest BCUT2D eigenvalue weighted by atomic mass is 10.2. The maximum atomic E-state index is 9.90. The molecule has 5 heteroatoms. The van der Waals surface area contributed by atoms with E-state index in [9.17, 15) is 5.11 Å². The van der Waals surface area contributed by atoms with Gasteiger partial charge in [0.05, 0.1) is 25.4 Å². The van der Waals surface area contributed by atoms with Crippen molar-refractivity contribution >= 4 is 21.6 Å². The Morgan fingerprint density at radius 2 is 2.40 bits per heavy atom. The molecular formula is C15H22BrNO3. The molecule has 1 aromatic carbocycles. The molecule has 0 aliphatic carbocycles. The summed E-state index contributed by atoms with van der Waals surface area (Å²) >= 11 is 3.44. The van der Waals surface area contributed by atoms with Crippen LogP contribution in [-0.2, 0) is 9.47 Å². The molecular weight excluding hydrogens is 322 g/mol. The molecule has 0 saturated carbocycles. The van der Waals surface area contributed by atoms with Gasteiger partial charge in [0, 0.05) is 23.3 Å². The highest BCUT2D eigenvalue weighted by molar-refractivity contribution is 9.10. The maximum Gasteiger partial charge on any atom is 0.0945 e. The molecule has 4 nitrogen and oxygen atoms in total. The zero-order valence-corrected chi connectivity index (χ0v) is 13.4. The first-order chi connectivity index (χ1) is 9.65. The Bertz CT molecular complexity index is 422. The Kier molecular flexibility index (Phi) is 6.29. The molecule has 1 fully saturated rings. The monoisotopic (exact) mass is 343 g/mol. The van der Waals surface area contributed by atoms with Gasteiger partial charge >= 0.3 is 0 Å². The second-order valence-electron chi connectivity index (χ2n) is 5.17. The molecule has 1 saturated heterocycles. The van der Waals surface area contributed by atoms with Crippen LogP contribution < -0.4 is 5.32 Å². The number of benzene rings is 1. The second-order valence-corrected chi connectivity index (χ2v) is 6.08. The van der Waals surface area contributed by atoms with Crippen LogP contribution >= 0.6 is 15.9 Å². The van der Waals surface area contributed by atoms with Crippen LogP contribution in [0, 0.1) is 6.92 Å². The highest BCUT2D eigenvalue weighted by Gasteiger charge is 2.16. The van der Waals surface area contributed by atoms with Crippen LogP contribution in [0.4, 0.5) is 5.69 Å². The van der Waals surface area contributed by atoms with E-state index in [0.29, 0.717) is 19.8 Å². The number of hydrogen-bond donors (Lipinski definition) is 2. The summed E-state index contributed by atoms with van der Waals surface area (Å²) < 4.78 is 12.0. The first-order valence-corrected chi connectivity index (χ1v) is 7.82. The zero-order chi connectivity index (χ0) is 14.4. The first kappa shape index (κ1) is 15.8. The standard InChI is InChI=1S/C15H22BrNO3/c1-11-4-5-12(16)7-15(11)17-8-13(18)9-19-10-14-3-2-6-20-14/h4-5,7,13-14,17-18H,2-3,6,8-10H2,1H3. The number of anilines is 1. The fourth-order valence-corrected chi connectivity index (χ4v) is 2.54. The fraction of sp³-hybridized carbons (Fsp3) is 0.600. The van der Waals surface area contributed by atoms with E-state index in [0.717, 1.165) is 35.2 Å². The van der Waals surface area contributed by atoms with E-state index in [1.54, 1.807) is 0 Å². The lowest BCUT2D eigenvalue weighted by molar-refractivity contribution is -0.0137. The molecule has 112 valence electrons. The van der Waals surface area contributed by atoms with Crippen molar-refractivity contribution < 1.29 is 14.6 Å². The van der Waals surface area contributed by atoms with Crippen molar-refractivity contribution in [2.45, 2.75) is 32.0 Å². The van der Waals surface area contributed by atoms with Crippen LogP contribution in [0.15, 0.2) is 22.7 Å². The molecule has 1 aromatic rings. The third-order valence-electron chi connectivity index (χ3n) is 3.37. The normalized spacial score (nSPS) is 20.1. The molecule has 0 amide bonds. The lowest BCUT2D eigenvalue weighted by Gasteiger charge is -2.16. The van der Waals surface area contributed by atoms with E-state index < -0.39 is 6.10 Å². The van der Waals surface area contributed by atoms with Gasteiger partial charge in [0.25, 0.3) is 0 Å². The Morgan fingerprint density at radius 3 is 3.15 bits per heavy atom. The topological polar surface area (TPSA) is 50.7 Å². The van der Waals surface area contributed by atoms with E-state index in [-0.39, 0.29) is 6.10 Å². The van der Waals surface area contributed by atoms with Crippen molar-refractivity contribution in [1.29, 1.82) is 0 Å². The number of ether oxygens (including phenoxy) is 2. The van der Waals surface area contributed by atoms with Crippen molar-refractivity contribution in [3.05, 3.63) is 28.2 Å². The Labute approximate surface area is 128 Å². The average molecular weight is 344 g/mol. The highest BCUT2D eigenvalue weighted by Crippen LogP contribution is 2.20. The molecule has 1 aliphatic heterocycles. The van der Waals surface area contributed by atoms with Gasteiger partial charge in [-0.3, -0.25) is 0 Å². The van der Waals surface area contributed by atoms with Crippen LogP contribution in [0.2, 0.25) is 0 Å². The summed E-state index contributed by atoms with van der Waals surface area (Å²) in [5.74, 6) is 0. The Balaban J connectivity index is 1.66. The van der Waals surface area contributed by atoms with E-state index >= 15 is 0 Å². The van der Waals surface area contributed by atoms with Gasteiger partial charge in [0.1, 0.15) is 0 Å². The van der Waals surface area contributed by atoms with E-state index in [1.807, 2.05) is 25.1 Å². The maximum absolute atomic E-state index is 9.90. The summed E-state index contributed by atoms with van der Waals surface area (Å²) in [6, 6.07) is 6.05. The highest BCUT2D eigenvalue weighted by atomic mass is 79.9. The predicted molar refractivity (Wildman–Crippen MR) is 83.2 cm³/mol. The molecule has 0 radical (unpaired) electrons. The number of halogens is 1. The van der Waals surface area contributed by atoms with Gasteiger partial charge in [-0.25, -0.2) is 0 Å². The van der Waals surface area contributed by atoms with E-state index in [4.69, 9.17) is 9.47 Å². The van der Waals surface area contributed by atoms with Crippen molar-refractivity contribution in [2.24, 2.45) is 0 Å². The molecule has 2 unspecified atom stereocenters. The fourth-order valence-electron chi connectivity index (χ4n) is 2.18. The largest absolute Gasteiger partial charge is 0.389 e. The number of aryl methyl sites for hydroxylation is 1. The van der Waals surface area contributed by atoms with E-state index in [1.165, 1.54) is 0 Å². The van der Waals surface area contributed by atoms with Crippen LogP contribution in [0.1, 0.15) is 18.4 Å². The smallest absolute Gasteiger partial charge is 0.0945 e. The van der Waals surface area contributed by atoms with Crippen LogP contribution in [0.25, 0.3) is 0 Å². The molecule has 2 atom stereocenters. The minimum atomic E-state index is -0.519. The number of rotatable bonds is 7. The number of aliphatic hydroxyl groups is 1. The van der Waals surface area contributed by atoms with Gasteiger partial charge in [0.15, 0.2) is 0 Å². The van der Waals surface area contributed by atoms with Crippen LogP contribution in [0.3, 0.4) is 0 Å². The summed E-state index contributed by atoms with van der Waals surface area (Å²) in [5.41, 5.74) is 2.18. The zero-order valence-electron chi connectivity index (χ0n) is 11.8. The molecule has 1 aliphatic rings. The van der Waals surface area contributed by atoms with Crippen molar-refractivity contribution in [1.82, 2.24) is 0 Å². The molecule has 0 spiro atoms. The molecule has 0 aromatic heterocycles.